The van der Waals surface area contributed by atoms with Gasteiger partial charge in [-0.25, -0.2) is 9.13 Å². The van der Waals surface area contributed by atoms with Gasteiger partial charge in [-0.2, -0.15) is 0 Å². The number of phosphoric acid groups is 2. The number of hydrogen-bond donors (Lipinski definition) is 4. The molecule has 0 radical (unpaired) electrons. The van der Waals surface area contributed by atoms with Crippen LogP contribution in [-0.4, -0.2) is 95.9 Å². The number of aliphatic hydroxyl groups excluding tert-OH is 2. The molecule has 0 amide bonds. The predicted octanol–water partition coefficient (Wildman–Crippen LogP) is 22.8. The van der Waals surface area contributed by atoms with Crippen molar-refractivity contribution in [1.82, 2.24) is 0 Å². The molecule has 0 rings (SSSR count). The third-order valence-electron chi connectivity index (χ3n) is 16.5. The molecule has 4 N–H and O–H groups in total. The van der Waals surface area contributed by atoms with Gasteiger partial charge < -0.3 is 34.2 Å². The molecule has 0 saturated heterocycles. The van der Waals surface area contributed by atoms with E-state index in [-0.39, 0.29) is 19.3 Å². The number of aliphatic hydroxyl groups is 2. The average Bonchev–Trinajstić information content (AvgIpc) is 2.42. The molecule has 0 aliphatic heterocycles. The first-order valence-corrected chi connectivity index (χ1v) is 42.2. The average molecular weight is 1430 g/mol. The lowest BCUT2D eigenvalue weighted by atomic mass is 10.0. The topological polar surface area (TPSA) is 231 Å². The quantitative estimate of drug-likeness (QED) is 0.0146. The van der Waals surface area contributed by atoms with E-state index in [4.69, 9.17) is 32.3 Å². The summed E-state index contributed by atoms with van der Waals surface area (Å²) in [6.07, 6.45) is 85.9. The van der Waals surface area contributed by atoms with E-state index in [0.29, 0.717) is 19.3 Å². The summed E-state index contributed by atoms with van der Waals surface area (Å²) in [5.41, 5.74) is 0. The molecular weight excluding hydrogens is 1290 g/mol. The molecule has 0 fully saturated rings. The lowest BCUT2D eigenvalue weighted by molar-refractivity contribution is -0.161. The Kier molecular flexibility index (Phi) is 71.1. The molecule has 572 valence electrons. The monoisotopic (exact) mass is 1430 g/mol. The van der Waals surface area contributed by atoms with Crippen molar-refractivity contribution in [2.75, 3.05) is 39.6 Å². The van der Waals surface area contributed by atoms with Crippen molar-refractivity contribution in [2.45, 2.75) is 347 Å². The second-order valence-corrected chi connectivity index (χ2v) is 29.0. The Morgan fingerprint density at radius 2 is 0.535 bits per heavy atom. The zero-order chi connectivity index (χ0) is 72.3. The molecule has 0 bridgehead atoms. The minimum absolute atomic E-state index is 0.0841. The van der Waals surface area contributed by atoms with E-state index in [0.717, 1.165) is 135 Å². The third-order valence-corrected chi connectivity index (χ3v) is 18.4. The van der Waals surface area contributed by atoms with Crippen LogP contribution in [0.5, 0.6) is 0 Å². The van der Waals surface area contributed by atoms with Gasteiger partial charge in [0.15, 0.2) is 6.10 Å². The van der Waals surface area contributed by atoms with Crippen molar-refractivity contribution < 1.29 is 75.8 Å². The zero-order valence-electron chi connectivity index (χ0n) is 62.4. The molecular formula is C81H142O16P2. The second kappa shape index (κ2) is 73.9. The van der Waals surface area contributed by atoms with E-state index < -0.39 is 91.5 Å². The Labute approximate surface area is 602 Å². The molecule has 5 unspecified atom stereocenters. The molecule has 16 nitrogen and oxygen atoms in total. The Morgan fingerprint density at radius 1 is 0.293 bits per heavy atom. The number of unbranched alkanes of at least 4 members (excludes halogenated alkanes) is 33. The van der Waals surface area contributed by atoms with E-state index >= 15 is 0 Å². The van der Waals surface area contributed by atoms with Crippen LogP contribution in [0.4, 0.5) is 0 Å². The Hall–Kier alpha value is -3.79. The minimum Gasteiger partial charge on any atom is -0.463 e. The summed E-state index contributed by atoms with van der Waals surface area (Å²) in [6, 6.07) is 0. The molecule has 0 aromatic carbocycles. The molecule has 0 spiro atoms. The highest BCUT2D eigenvalue weighted by Crippen LogP contribution is 2.45. The van der Waals surface area contributed by atoms with Crippen molar-refractivity contribution in [3.05, 3.63) is 109 Å². The number of rotatable bonds is 74. The number of carbonyl (C=O) groups is 3. The largest absolute Gasteiger partial charge is 0.472 e. The molecule has 0 saturated carbocycles. The maximum Gasteiger partial charge on any atom is 0.472 e. The van der Waals surface area contributed by atoms with Gasteiger partial charge in [0.2, 0.25) is 0 Å². The van der Waals surface area contributed by atoms with E-state index in [1.165, 1.54) is 135 Å². The molecule has 0 aliphatic carbocycles. The maximum absolute atomic E-state index is 12.9. The highest BCUT2D eigenvalue weighted by Gasteiger charge is 2.29. The molecule has 5 atom stereocenters. The van der Waals surface area contributed by atoms with Crippen LogP contribution >= 0.6 is 15.6 Å². The maximum atomic E-state index is 12.9. The van der Waals surface area contributed by atoms with Crippen LogP contribution in [0.1, 0.15) is 329 Å². The molecule has 0 heterocycles. The van der Waals surface area contributed by atoms with Crippen molar-refractivity contribution in [3.63, 3.8) is 0 Å². The van der Waals surface area contributed by atoms with Crippen LogP contribution in [0.2, 0.25) is 0 Å². The minimum atomic E-state index is -4.93. The number of esters is 3. The Morgan fingerprint density at radius 3 is 0.848 bits per heavy atom. The second-order valence-electron chi connectivity index (χ2n) is 26.1. The van der Waals surface area contributed by atoms with Gasteiger partial charge in [-0.3, -0.25) is 32.5 Å². The van der Waals surface area contributed by atoms with Gasteiger partial charge in [0.05, 0.1) is 26.4 Å². The van der Waals surface area contributed by atoms with Crippen LogP contribution in [-0.2, 0) is 55.8 Å². The fourth-order valence-corrected chi connectivity index (χ4v) is 12.1. The van der Waals surface area contributed by atoms with Gasteiger partial charge in [-0.05, 0) is 128 Å². The van der Waals surface area contributed by atoms with Crippen LogP contribution < -0.4 is 0 Å². The van der Waals surface area contributed by atoms with E-state index in [2.05, 4.69) is 130 Å². The van der Waals surface area contributed by atoms with Crippen LogP contribution in [0.25, 0.3) is 0 Å². The van der Waals surface area contributed by atoms with Gasteiger partial charge in [-0.15, -0.1) is 0 Å². The van der Waals surface area contributed by atoms with Crippen LogP contribution in [0.3, 0.4) is 0 Å². The Bertz CT molecular complexity index is 2240. The van der Waals surface area contributed by atoms with Crippen molar-refractivity contribution in [1.29, 1.82) is 0 Å². The van der Waals surface area contributed by atoms with Gasteiger partial charge in [0.1, 0.15) is 25.4 Å². The Balaban J connectivity index is 4.40. The standard InChI is InChI=1S/C81H142O16P2/c1-4-7-10-13-16-19-22-25-28-29-30-31-32-33-34-35-36-37-38-39-40-41-42-43-44-45-48-50-52-55-58-61-64-67-79(84)91-70-76(82)71-93-98(87,88)94-72-77(83)73-95-99(89,90)96-75-78(97-81(86)69-66-63-60-57-54-51-47-27-24-21-18-15-12-9-6-3)74-92-80(85)68-65-62-59-56-53-49-46-26-23-20-17-14-11-8-5-2/h8,11,16-21,25-28,30-31,33-34,46-47,76-78,82-83H,4-7,9-10,12-15,22-24,29,32,35-45,48-75H2,1-3H3,(H,87,88)(H,89,90)/b11-8-,19-16-,20-17-,21-18-,28-25-,31-30-,34-33-,46-26-,47-27-. The normalized spacial score (nSPS) is 14.6. The molecule has 18 heteroatoms. The fourth-order valence-electron chi connectivity index (χ4n) is 10.5. The first-order chi connectivity index (χ1) is 48.2. The summed E-state index contributed by atoms with van der Waals surface area (Å²) in [6.45, 7) is 2.49. The van der Waals surface area contributed by atoms with Gasteiger partial charge >= 0.3 is 33.6 Å². The SMILES string of the molecule is CC/C=C\C/C=C\C/C=C\CCCCCCCC(=O)OCC(COP(=O)(O)OCC(O)COP(=O)(O)OCC(O)COC(=O)CCCCCCCCCCCCCCCCCCC/C=C\C/C=C\C/C=C\C/C=C\CCCCC)OC(=O)CCCCCCC/C=C\C/C=C\CCCCC. The van der Waals surface area contributed by atoms with Crippen molar-refractivity contribution in [2.24, 2.45) is 0 Å². The lowest BCUT2D eigenvalue weighted by Crippen LogP contribution is -2.30. The number of carbonyl (C=O) groups excluding carboxylic acids is 3. The summed E-state index contributed by atoms with van der Waals surface area (Å²) in [4.78, 5) is 58.5. The third kappa shape index (κ3) is 75.2. The van der Waals surface area contributed by atoms with Crippen LogP contribution in [0, 0.1) is 0 Å². The van der Waals surface area contributed by atoms with E-state index in [1.807, 2.05) is 0 Å². The van der Waals surface area contributed by atoms with Crippen molar-refractivity contribution >= 4 is 33.6 Å². The summed E-state index contributed by atoms with van der Waals surface area (Å²) < 4.78 is 61.0. The molecule has 0 aromatic rings. The molecule has 0 aromatic heterocycles. The molecule has 99 heavy (non-hydrogen) atoms. The van der Waals surface area contributed by atoms with E-state index in [9.17, 15) is 43.5 Å². The molecule has 0 aliphatic rings. The zero-order valence-corrected chi connectivity index (χ0v) is 64.2. The summed E-state index contributed by atoms with van der Waals surface area (Å²) in [5, 5.41) is 20.6. The highest BCUT2D eigenvalue weighted by atomic mass is 31.2. The van der Waals surface area contributed by atoms with Crippen LogP contribution in [0.15, 0.2) is 109 Å². The number of hydrogen-bond acceptors (Lipinski definition) is 14. The summed E-state index contributed by atoms with van der Waals surface area (Å²) in [5.74, 6) is -1.60. The van der Waals surface area contributed by atoms with Crippen molar-refractivity contribution in [3.8, 4) is 0 Å². The smallest absolute Gasteiger partial charge is 0.463 e. The predicted molar refractivity (Wildman–Crippen MR) is 408 cm³/mol. The number of phosphoric ester groups is 2. The first kappa shape index (κ1) is 95.2. The fraction of sp³-hybridized carbons (Fsp3) is 0.741. The highest BCUT2D eigenvalue weighted by molar-refractivity contribution is 7.47. The lowest BCUT2D eigenvalue weighted by Gasteiger charge is -2.21. The first-order valence-electron chi connectivity index (χ1n) is 39.2. The summed E-state index contributed by atoms with van der Waals surface area (Å²) >= 11 is 0. The number of allylic oxidation sites excluding steroid dienone is 18. The number of ether oxygens (including phenoxy) is 3. The van der Waals surface area contributed by atoms with E-state index in [1.54, 1.807) is 0 Å². The summed E-state index contributed by atoms with van der Waals surface area (Å²) in [7, 11) is -9.79. The van der Waals surface area contributed by atoms with Gasteiger partial charge in [-0.1, -0.05) is 291 Å². The van der Waals surface area contributed by atoms with Gasteiger partial charge in [0, 0.05) is 19.3 Å². The van der Waals surface area contributed by atoms with Gasteiger partial charge in [0.25, 0.3) is 0 Å².